The van der Waals surface area contributed by atoms with Crippen molar-refractivity contribution in [3.05, 3.63) is 44.2 Å². The lowest BCUT2D eigenvalue weighted by Gasteiger charge is -2.10. The number of thiophene rings is 1. The number of H-pyrrole nitrogens is 1. The summed E-state index contributed by atoms with van der Waals surface area (Å²) in [5.74, 6) is 2.30. The fourth-order valence-electron chi connectivity index (χ4n) is 2.62. The summed E-state index contributed by atoms with van der Waals surface area (Å²) in [6, 6.07) is 0. The first-order valence-corrected chi connectivity index (χ1v) is 8.86. The van der Waals surface area contributed by atoms with Gasteiger partial charge in [-0.15, -0.1) is 11.3 Å². The van der Waals surface area contributed by atoms with E-state index in [4.69, 9.17) is 0 Å². The van der Waals surface area contributed by atoms with Gasteiger partial charge in [-0.3, -0.25) is 4.79 Å². The van der Waals surface area contributed by atoms with Gasteiger partial charge in [-0.2, -0.15) is 0 Å². The van der Waals surface area contributed by atoms with E-state index in [2.05, 4.69) is 32.2 Å². The van der Waals surface area contributed by atoms with Crippen LogP contribution in [0.25, 0.3) is 10.2 Å². The van der Waals surface area contributed by atoms with E-state index >= 15 is 0 Å². The molecule has 0 unspecified atom stereocenters. The van der Waals surface area contributed by atoms with Crippen molar-refractivity contribution in [2.75, 3.05) is 11.9 Å². The summed E-state index contributed by atoms with van der Waals surface area (Å²) in [5, 5.41) is 4.04. The van der Waals surface area contributed by atoms with Gasteiger partial charge in [0.1, 0.15) is 22.3 Å². The van der Waals surface area contributed by atoms with Crippen LogP contribution in [0, 0.1) is 20.8 Å². The van der Waals surface area contributed by atoms with Crippen LogP contribution in [0.15, 0.2) is 11.0 Å². The van der Waals surface area contributed by atoms with Crippen LogP contribution in [0.1, 0.15) is 34.6 Å². The zero-order valence-corrected chi connectivity index (χ0v) is 15.2. The minimum atomic E-state index is -0.0519. The molecular formula is C17H21N5OS. The predicted octanol–water partition coefficient (Wildman–Crippen LogP) is 2.92. The summed E-state index contributed by atoms with van der Waals surface area (Å²) in [6.45, 7) is 8.59. The van der Waals surface area contributed by atoms with Crippen molar-refractivity contribution in [1.82, 2.24) is 19.9 Å². The minimum Gasteiger partial charge on any atom is -0.369 e. The molecule has 3 rings (SSSR count). The number of nitrogens with one attached hydrogen (secondary N) is 2. The molecule has 0 fully saturated rings. The number of nitrogens with zero attached hydrogens (tertiary/aromatic N) is 3. The van der Waals surface area contributed by atoms with E-state index in [1.54, 1.807) is 11.3 Å². The SMILES string of the molecule is CCc1cnc(C)nc1NCCc1nc2sc(C)c(C)c2c(=O)[nH]1. The second kappa shape index (κ2) is 6.68. The third-order valence-corrected chi connectivity index (χ3v) is 5.21. The Morgan fingerprint density at radius 3 is 2.79 bits per heavy atom. The Hall–Kier alpha value is -2.28. The van der Waals surface area contributed by atoms with Gasteiger partial charge >= 0.3 is 0 Å². The average molecular weight is 343 g/mol. The Morgan fingerprint density at radius 1 is 1.25 bits per heavy atom. The second-order valence-electron chi connectivity index (χ2n) is 5.80. The molecule has 0 aliphatic heterocycles. The third kappa shape index (κ3) is 3.17. The number of hydrogen-bond donors (Lipinski definition) is 2. The van der Waals surface area contributed by atoms with Crippen LogP contribution in [0.5, 0.6) is 0 Å². The maximum absolute atomic E-state index is 12.3. The van der Waals surface area contributed by atoms with E-state index in [9.17, 15) is 4.79 Å². The van der Waals surface area contributed by atoms with Crippen LogP contribution in [-0.4, -0.2) is 26.5 Å². The molecule has 2 N–H and O–H groups in total. The molecule has 3 heterocycles. The molecule has 7 heteroatoms. The Kier molecular flexibility index (Phi) is 4.62. The smallest absolute Gasteiger partial charge is 0.259 e. The van der Waals surface area contributed by atoms with Crippen LogP contribution in [-0.2, 0) is 12.8 Å². The van der Waals surface area contributed by atoms with Crippen molar-refractivity contribution in [2.24, 2.45) is 0 Å². The van der Waals surface area contributed by atoms with Crippen LogP contribution in [0.2, 0.25) is 0 Å². The van der Waals surface area contributed by atoms with E-state index in [1.807, 2.05) is 27.0 Å². The number of rotatable bonds is 5. The molecule has 0 radical (unpaired) electrons. The highest BCUT2D eigenvalue weighted by Gasteiger charge is 2.12. The summed E-state index contributed by atoms with van der Waals surface area (Å²) >= 11 is 1.57. The largest absolute Gasteiger partial charge is 0.369 e. The molecule has 6 nitrogen and oxygen atoms in total. The maximum Gasteiger partial charge on any atom is 0.259 e. The van der Waals surface area contributed by atoms with Gasteiger partial charge < -0.3 is 10.3 Å². The molecular weight excluding hydrogens is 322 g/mol. The fraction of sp³-hybridized carbons (Fsp3) is 0.412. The van der Waals surface area contributed by atoms with Crippen LogP contribution >= 0.6 is 11.3 Å². The average Bonchev–Trinajstić information content (AvgIpc) is 2.82. The van der Waals surface area contributed by atoms with E-state index in [1.165, 1.54) is 0 Å². The van der Waals surface area contributed by atoms with Crippen LogP contribution < -0.4 is 10.9 Å². The van der Waals surface area contributed by atoms with Crippen molar-refractivity contribution in [3.8, 4) is 0 Å². The van der Waals surface area contributed by atoms with Gasteiger partial charge in [-0.25, -0.2) is 15.0 Å². The molecule has 0 atom stereocenters. The Balaban J connectivity index is 1.77. The van der Waals surface area contributed by atoms with E-state index < -0.39 is 0 Å². The minimum absolute atomic E-state index is 0.0519. The fourth-order valence-corrected chi connectivity index (χ4v) is 3.67. The van der Waals surface area contributed by atoms with Gasteiger partial charge in [0.25, 0.3) is 5.56 Å². The van der Waals surface area contributed by atoms with Gasteiger partial charge in [-0.1, -0.05) is 6.92 Å². The van der Waals surface area contributed by atoms with E-state index in [0.717, 1.165) is 38.9 Å². The quantitative estimate of drug-likeness (QED) is 0.744. The number of aromatic amines is 1. The molecule has 0 bridgehead atoms. The number of hydrogen-bond acceptors (Lipinski definition) is 6. The molecule has 0 aromatic carbocycles. The first kappa shape index (κ1) is 16.6. The first-order valence-electron chi connectivity index (χ1n) is 8.05. The highest BCUT2D eigenvalue weighted by Crippen LogP contribution is 2.25. The molecule has 24 heavy (non-hydrogen) atoms. The molecule has 0 spiro atoms. The van der Waals surface area contributed by atoms with Crippen molar-refractivity contribution < 1.29 is 0 Å². The molecule has 0 saturated carbocycles. The molecule has 126 valence electrons. The lowest BCUT2D eigenvalue weighted by Crippen LogP contribution is -2.16. The monoisotopic (exact) mass is 343 g/mol. The molecule has 0 saturated heterocycles. The number of fused-ring (bicyclic) bond motifs is 1. The van der Waals surface area contributed by atoms with Crippen molar-refractivity contribution in [3.63, 3.8) is 0 Å². The topological polar surface area (TPSA) is 83.6 Å². The van der Waals surface area contributed by atoms with Gasteiger partial charge in [-0.05, 0) is 32.8 Å². The summed E-state index contributed by atoms with van der Waals surface area (Å²) in [7, 11) is 0. The molecule has 0 aliphatic carbocycles. The molecule has 0 amide bonds. The third-order valence-electron chi connectivity index (χ3n) is 4.11. The first-order chi connectivity index (χ1) is 11.5. The van der Waals surface area contributed by atoms with Gasteiger partial charge in [0, 0.05) is 29.6 Å². The normalized spacial score (nSPS) is 11.2. The summed E-state index contributed by atoms with van der Waals surface area (Å²) < 4.78 is 0. The molecule has 3 aromatic heterocycles. The van der Waals surface area contributed by atoms with Gasteiger partial charge in [0.15, 0.2) is 0 Å². The highest BCUT2D eigenvalue weighted by atomic mass is 32.1. The lowest BCUT2D eigenvalue weighted by atomic mass is 10.2. The number of aryl methyl sites for hydroxylation is 4. The summed E-state index contributed by atoms with van der Waals surface area (Å²) in [4.78, 5) is 30.4. The Labute approximate surface area is 144 Å². The highest BCUT2D eigenvalue weighted by molar-refractivity contribution is 7.18. The Bertz CT molecular complexity index is 944. The van der Waals surface area contributed by atoms with Gasteiger partial charge in [0.2, 0.25) is 0 Å². The van der Waals surface area contributed by atoms with E-state index in [0.29, 0.717) is 24.2 Å². The van der Waals surface area contributed by atoms with Crippen LogP contribution in [0.3, 0.4) is 0 Å². The summed E-state index contributed by atoms with van der Waals surface area (Å²) in [6.07, 6.45) is 3.36. The lowest BCUT2D eigenvalue weighted by molar-refractivity contribution is 0.884. The predicted molar refractivity (Wildman–Crippen MR) is 98.1 cm³/mol. The Morgan fingerprint density at radius 2 is 2.04 bits per heavy atom. The number of anilines is 1. The zero-order valence-electron chi connectivity index (χ0n) is 14.4. The van der Waals surface area contributed by atoms with Crippen molar-refractivity contribution >= 4 is 27.4 Å². The van der Waals surface area contributed by atoms with Crippen molar-refractivity contribution in [2.45, 2.75) is 40.5 Å². The van der Waals surface area contributed by atoms with Crippen LogP contribution in [0.4, 0.5) is 5.82 Å². The van der Waals surface area contributed by atoms with E-state index in [-0.39, 0.29) is 5.56 Å². The number of aromatic nitrogens is 4. The second-order valence-corrected chi connectivity index (χ2v) is 7.00. The summed E-state index contributed by atoms with van der Waals surface area (Å²) in [5.41, 5.74) is 2.06. The molecule has 0 aliphatic rings. The van der Waals surface area contributed by atoms with Crippen molar-refractivity contribution in [1.29, 1.82) is 0 Å². The standard InChI is InChI=1S/C17H21N5OS/c1-5-12-8-19-11(4)20-15(12)18-7-6-13-21-16(23)14-9(2)10(3)24-17(14)22-13/h8H,5-7H2,1-4H3,(H,18,19,20)(H,21,22,23). The van der Waals surface area contributed by atoms with Gasteiger partial charge in [0.05, 0.1) is 5.39 Å². The zero-order chi connectivity index (χ0) is 17.3. The maximum atomic E-state index is 12.3. The molecule has 3 aromatic rings.